The van der Waals surface area contributed by atoms with Crippen molar-refractivity contribution in [1.82, 2.24) is 19.7 Å². The summed E-state index contributed by atoms with van der Waals surface area (Å²) in [4.78, 5) is 27.8. The van der Waals surface area contributed by atoms with Crippen LogP contribution in [0, 0.1) is 18.8 Å². The lowest BCUT2D eigenvalue weighted by atomic mass is 9.90. The quantitative estimate of drug-likeness (QED) is 0.396. The molecule has 0 unspecified atom stereocenters. The van der Waals surface area contributed by atoms with Crippen LogP contribution in [0.25, 0.3) is 11.3 Å². The van der Waals surface area contributed by atoms with E-state index >= 15 is 0 Å². The summed E-state index contributed by atoms with van der Waals surface area (Å²) >= 11 is 0. The number of hydrogen-bond donors (Lipinski definition) is 2. The number of anilines is 3. The molecule has 232 valence electrons. The minimum Gasteiger partial charge on any atom is -0.477 e. The molecule has 1 atom stereocenters. The lowest BCUT2D eigenvalue weighted by Crippen LogP contribution is -2.36. The van der Waals surface area contributed by atoms with Crippen molar-refractivity contribution in [2.75, 3.05) is 42.8 Å². The molecule has 4 heterocycles. The van der Waals surface area contributed by atoms with Crippen LogP contribution in [0.1, 0.15) is 67.4 Å². The monoisotopic (exact) mass is 596 g/mol. The van der Waals surface area contributed by atoms with Crippen LogP contribution in [0.5, 0.6) is 5.88 Å². The van der Waals surface area contributed by atoms with Crippen LogP contribution in [0.3, 0.4) is 0 Å². The summed E-state index contributed by atoms with van der Waals surface area (Å²) in [6.07, 6.45) is 11.0. The van der Waals surface area contributed by atoms with Crippen LogP contribution >= 0.6 is 0 Å². The number of aryl methyl sites for hydroxylation is 2. The number of ether oxygens (including phenoxy) is 1. The minimum atomic E-state index is -0.294. The number of aliphatic imine (C=N–C) groups is 1. The number of fused-ring (bicyclic) bond motifs is 7. The number of nitrogens with one attached hydrogen (secondary N) is 2. The molecule has 4 aliphatic rings. The summed E-state index contributed by atoms with van der Waals surface area (Å²) in [5.41, 5.74) is 5.87. The van der Waals surface area contributed by atoms with E-state index in [1.807, 2.05) is 14.0 Å². The van der Waals surface area contributed by atoms with Gasteiger partial charge in [-0.25, -0.2) is 4.68 Å². The lowest BCUT2D eigenvalue weighted by Gasteiger charge is -2.33. The number of pyridine rings is 1. The maximum Gasteiger partial charge on any atom is 0.280 e. The van der Waals surface area contributed by atoms with E-state index in [2.05, 4.69) is 57.8 Å². The molecule has 1 amide bonds. The van der Waals surface area contributed by atoms with E-state index in [9.17, 15) is 4.79 Å². The van der Waals surface area contributed by atoms with Crippen molar-refractivity contribution in [1.29, 1.82) is 0 Å². The highest BCUT2D eigenvalue weighted by atomic mass is 16.5. The van der Waals surface area contributed by atoms with Crippen LogP contribution in [0.4, 0.5) is 17.1 Å². The second-order valence-electron chi connectivity index (χ2n) is 13.3. The average Bonchev–Trinajstić information content (AvgIpc) is 3.71. The number of benzene rings is 1. The molecule has 7 rings (SSSR count). The topological polar surface area (TPSA) is 99.9 Å². The number of aromatic nitrogens is 3. The Kier molecular flexibility index (Phi) is 7.78. The number of carbonyl (C=O) groups excluding carboxylic acids is 1. The van der Waals surface area contributed by atoms with Gasteiger partial charge >= 0.3 is 0 Å². The van der Waals surface area contributed by atoms with Crippen molar-refractivity contribution >= 4 is 28.9 Å². The molecule has 10 heteroatoms. The molecule has 2 saturated carbocycles. The zero-order valence-electron chi connectivity index (χ0n) is 26.3. The summed E-state index contributed by atoms with van der Waals surface area (Å²) in [6, 6.07) is 11.3. The molecule has 3 aromatic rings. The van der Waals surface area contributed by atoms with Crippen molar-refractivity contribution in [3.8, 4) is 17.1 Å². The van der Waals surface area contributed by atoms with Gasteiger partial charge in [-0.05, 0) is 115 Å². The molecule has 2 bridgehead atoms. The number of hydrogen-bond acceptors (Lipinski definition) is 8. The van der Waals surface area contributed by atoms with Crippen LogP contribution in [0.15, 0.2) is 41.5 Å². The Morgan fingerprint density at radius 3 is 2.61 bits per heavy atom. The maximum absolute atomic E-state index is 13.8. The van der Waals surface area contributed by atoms with Crippen LogP contribution in [-0.4, -0.2) is 70.9 Å². The van der Waals surface area contributed by atoms with Crippen molar-refractivity contribution in [3.05, 3.63) is 47.8 Å². The van der Waals surface area contributed by atoms with Crippen LogP contribution < -0.4 is 20.3 Å². The highest BCUT2D eigenvalue weighted by Crippen LogP contribution is 2.43. The molecule has 0 radical (unpaired) electrons. The average molecular weight is 597 g/mol. The third kappa shape index (κ3) is 5.92. The molecule has 2 aliphatic heterocycles. The van der Waals surface area contributed by atoms with Gasteiger partial charge in [0.05, 0.1) is 35.4 Å². The van der Waals surface area contributed by atoms with Gasteiger partial charge in [0, 0.05) is 42.6 Å². The van der Waals surface area contributed by atoms with Crippen molar-refractivity contribution in [2.45, 2.75) is 70.4 Å². The second kappa shape index (κ2) is 11.9. The first-order valence-electron chi connectivity index (χ1n) is 16.2. The molecule has 1 aromatic carbocycles. The maximum atomic E-state index is 13.8. The summed E-state index contributed by atoms with van der Waals surface area (Å²) in [6.45, 7) is 3.32. The fourth-order valence-electron chi connectivity index (χ4n) is 7.17. The Hall–Kier alpha value is -3.92. The van der Waals surface area contributed by atoms with E-state index < -0.39 is 0 Å². The normalized spacial score (nSPS) is 25.0. The first kappa shape index (κ1) is 28.8. The number of rotatable bonds is 4. The molecule has 0 saturated heterocycles. The minimum absolute atomic E-state index is 0.294. The fourth-order valence-corrected chi connectivity index (χ4v) is 7.17. The predicted molar refractivity (Wildman–Crippen MR) is 175 cm³/mol. The number of nitrogens with zero attached hydrogens (tertiary/aromatic N) is 6. The van der Waals surface area contributed by atoms with Crippen LogP contribution in [0.2, 0.25) is 0 Å². The molecule has 10 nitrogen and oxygen atoms in total. The van der Waals surface area contributed by atoms with Crippen molar-refractivity contribution < 1.29 is 9.53 Å². The molecule has 2 fully saturated rings. The predicted octanol–water partition coefficient (Wildman–Crippen LogP) is 5.70. The van der Waals surface area contributed by atoms with Gasteiger partial charge < -0.3 is 25.2 Å². The van der Waals surface area contributed by atoms with E-state index in [-0.39, 0.29) is 5.91 Å². The first-order valence-corrected chi connectivity index (χ1v) is 16.2. The third-order valence-corrected chi connectivity index (χ3v) is 9.82. The van der Waals surface area contributed by atoms with Crippen molar-refractivity contribution in [2.24, 2.45) is 23.9 Å². The third-order valence-electron chi connectivity index (χ3n) is 9.82. The zero-order valence-corrected chi connectivity index (χ0v) is 26.3. The SMILES string of the molecule is Cc1cc2cc(n1)-c1cnn(C)c1OCCC[C@@H](C1CC1)CN1/C(=N/C2=O)Nc2cc(NC3CCC(N(C)C)CC3)ccc21. The van der Waals surface area contributed by atoms with Gasteiger partial charge in [-0.2, -0.15) is 10.1 Å². The van der Waals surface area contributed by atoms with Gasteiger partial charge in [-0.15, -0.1) is 0 Å². The standard InChI is InChI=1S/C34H44N8O2/c1-21-16-24-17-29(36-21)28-19-35-41(4)33(28)44-15-5-6-23(22-7-8-22)20-42-31-14-11-26(18-30(31)38-34(42)39-32(24)43)37-25-9-12-27(13-10-25)40(2)3/h11,14,16-19,22-23,25,27,37H,5-10,12-13,15,20H2,1-4H3,(H,38,39,43)/t23-,25?,27?/m1/s1. The van der Waals surface area contributed by atoms with Gasteiger partial charge in [0.15, 0.2) is 0 Å². The number of amides is 1. The largest absolute Gasteiger partial charge is 0.477 e. The molecular weight excluding hydrogens is 552 g/mol. The molecule has 2 aliphatic carbocycles. The number of guanidine groups is 1. The Bertz CT molecular complexity index is 1570. The van der Waals surface area contributed by atoms with Crippen LogP contribution in [-0.2, 0) is 7.05 Å². The fraction of sp³-hybridized carbons (Fsp3) is 0.529. The molecule has 2 N–H and O–H groups in total. The highest BCUT2D eigenvalue weighted by molar-refractivity contribution is 6.19. The Balaban J connectivity index is 1.20. The summed E-state index contributed by atoms with van der Waals surface area (Å²) in [5.74, 6) is 2.16. The van der Waals surface area contributed by atoms with Crippen molar-refractivity contribution in [3.63, 3.8) is 0 Å². The van der Waals surface area contributed by atoms with Gasteiger partial charge in [0.25, 0.3) is 5.91 Å². The van der Waals surface area contributed by atoms with E-state index in [1.165, 1.54) is 38.5 Å². The molecule has 44 heavy (non-hydrogen) atoms. The number of carbonyl (C=O) groups is 1. The Morgan fingerprint density at radius 2 is 1.84 bits per heavy atom. The highest BCUT2D eigenvalue weighted by Gasteiger charge is 2.36. The molecular formula is C34H44N8O2. The Morgan fingerprint density at radius 1 is 1.02 bits per heavy atom. The molecule has 0 spiro atoms. The second-order valence-corrected chi connectivity index (χ2v) is 13.3. The first-order chi connectivity index (χ1) is 21.3. The van der Waals surface area contributed by atoms with E-state index in [4.69, 9.17) is 14.7 Å². The van der Waals surface area contributed by atoms with Gasteiger partial charge in [0.2, 0.25) is 11.8 Å². The van der Waals surface area contributed by atoms with E-state index in [1.54, 1.807) is 23.0 Å². The smallest absolute Gasteiger partial charge is 0.280 e. The van der Waals surface area contributed by atoms with Gasteiger partial charge in [0.1, 0.15) is 0 Å². The summed E-state index contributed by atoms with van der Waals surface area (Å²) in [7, 11) is 6.24. The zero-order chi connectivity index (χ0) is 30.4. The molecule has 2 aromatic heterocycles. The lowest BCUT2D eigenvalue weighted by molar-refractivity contribution is 0.100. The summed E-state index contributed by atoms with van der Waals surface area (Å²) in [5, 5.41) is 11.8. The van der Waals surface area contributed by atoms with Gasteiger partial charge in [-0.3, -0.25) is 9.78 Å². The van der Waals surface area contributed by atoms with E-state index in [0.29, 0.717) is 53.6 Å². The van der Waals surface area contributed by atoms with Gasteiger partial charge in [-0.1, -0.05) is 0 Å². The summed E-state index contributed by atoms with van der Waals surface area (Å²) < 4.78 is 8.04. The van der Waals surface area contributed by atoms with E-state index in [0.717, 1.165) is 47.7 Å². The Labute approximate surface area is 259 Å².